The Balaban J connectivity index is 1.60. The van der Waals surface area contributed by atoms with Gasteiger partial charge in [-0.05, 0) is 73.5 Å². The molecule has 0 unspecified atom stereocenters. The molecule has 0 saturated carbocycles. The number of hydrogen-bond acceptors (Lipinski definition) is 6. The van der Waals surface area contributed by atoms with E-state index in [4.69, 9.17) is 0 Å². The second-order valence-electron chi connectivity index (χ2n) is 8.92. The van der Waals surface area contributed by atoms with Crippen LogP contribution >= 0.6 is 0 Å². The van der Waals surface area contributed by atoms with Gasteiger partial charge in [-0.15, -0.1) is 0 Å². The Morgan fingerprint density at radius 2 is 0.886 bits per heavy atom. The summed E-state index contributed by atoms with van der Waals surface area (Å²) in [7, 11) is 0. The van der Waals surface area contributed by atoms with Gasteiger partial charge < -0.3 is 10.6 Å². The van der Waals surface area contributed by atoms with Gasteiger partial charge in [-0.3, -0.25) is 19.2 Å². The molecule has 0 spiro atoms. The predicted molar refractivity (Wildman–Crippen MR) is 148 cm³/mol. The maximum atomic E-state index is 12.5. The van der Waals surface area contributed by atoms with E-state index in [-0.39, 0.29) is 33.9 Å². The van der Waals surface area contributed by atoms with E-state index in [1.165, 1.54) is 86.6 Å². The molecule has 0 aliphatic rings. The fourth-order valence-corrected chi connectivity index (χ4v) is 3.35. The minimum atomic E-state index is -5.06. The summed E-state index contributed by atoms with van der Waals surface area (Å²) in [6.07, 6.45) is -10.1. The third-order valence-corrected chi connectivity index (χ3v) is 5.65. The van der Waals surface area contributed by atoms with Crippen LogP contribution in [0.15, 0.2) is 83.0 Å². The van der Waals surface area contributed by atoms with Gasteiger partial charge in [0.15, 0.2) is 0 Å². The highest BCUT2D eigenvalue weighted by Crippen LogP contribution is 2.20. The predicted octanol–water partition coefficient (Wildman–Crippen LogP) is 5.00. The minimum Gasteiger partial charge on any atom is -0.318 e. The van der Waals surface area contributed by atoms with Crippen molar-refractivity contribution in [3.05, 3.63) is 95.1 Å². The molecule has 0 atom stereocenters. The molecule has 230 valence electrons. The molecular weight excluding hydrogens is 598 g/mol. The molecule has 0 fully saturated rings. The van der Waals surface area contributed by atoms with Crippen LogP contribution in [-0.2, 0) is 9.59 Å². The quantitative estimate of drug-likeness (QED) is 0.160. The maximum absolute atomic E-state index is 12.5. The summed E-state index contributed by atoms with van der Waals surface area (Å²) in [6, 6.07) is 16.1. The highest BCUT2D eigenvalue weighted by Gasteiger charge is 2.39. The van der Waals surface area contributed by atoms with Crippen molar-refractivity contribution in [2.45, 2.75) is 26.2 Å². The number of halogens is 6. The molecule has 0 saturated heterocycles. The van der Waals surface area contributed by atoms with E-state index in [1.807, 2.05) is 0 Å². The number of nitrogens with one attached hydrogen (secondary N) is 4. The van der Waals surface area contributed by atoms with Gasteiger partial charge in [0.25, 0.3) is 11.8 Å². The van der Waals surface area contributed by atoms with Crippen molar-refractivity contribution in [3.63, 3.8) is 0 Å². The van der Waals surface area contributed by atoms with Crippen molar-refractivity contribution in [1.29, 1.82) is 0 Å². The highest BCUT2D eigenvalue weighted by atomic mass is 19.4. The summed E-state index contributed by atoms with van der Waals surface area (Å²) in [4.78, 5) is 47.3. The maximum Gasteiger partial charge on any atom is 0.471 e. The number of benzene rings is 3. The van der Waals surface area contributed by atoms with Crippen molar-refractivity contribution in [2.24, 2.45) is 10.2 Å². The molecule has 0 bridgehead atoms. The zero-order chi connectivity index (χ0) is 32.7. The van der Waals surface area contributed by atoms with Crippen LogP contribution < -0.4 is 21.5 Å². The van der Waals surface area contributed by atoms with Crippen molar-refractivity contribution in [3.8, 4) is 0 Å². The van der Waals surface area contributed by atoms with E-state index in [9.17, 15) is 45.5 Å². The fraction of sp³-hybridized carbons (Fsp3) is 0.143. The Bertz CT molecular complexity index is 1510. The molecule has 0 heterocycles. The summed E-state index contributed by atoms with van der Waals surface area (Å²) in [5.74, 6) is -5.60. The summed E-state index contributed by atoms with van der Waals surface area (Å²) in [5, 5.41) is 11.3. The largest absolute Gasteiger partial charge is 0.471 e. The van der Waals surface area contributed by atoms with E-state index >= 15 is 0 Å². The Morgan fingerprint density at radius 3 is 1.20 bits per heavy atom. The monoisotopic (exact) mass is 620 g/mol. The summed E-state index contributed by atoms with van der Waals surface area (Å²) >= 11 is 0. The van der Waals surface area contributed by atoms with Crippen LogP contribution in [0.4, 0.5) is 37.7 Å². The third kappa shape index (κ3) is 9.23. The van der Waals surface area contributed by atoms with E-state index in [1.54, 1.807) is 10.6 Å². The first-order valence-electron chi connectivity index (χ1n) is 12.3. The van der Waals surface area contributed by atoms with E-state index in [2.05, 4.69) is 21.1 Å². The number of carbonyl (C=O) groups excluding carboxylic acids is 4. The van der Waals surface area contributed by atoms with Gasteiger partial charge >= 0.3 is 24.2 Å². The van der Waals surface area contributed by atoms with E-state index in [0.717, 1.165) is 0 Å². The van der Waals surface area contributed by atoms with E-state index in [0.29, 0.717) is 11.1 Å². The van der Waals surface area contributed by atoms with Gasteiger partial charge in [0, 0.05) is 22.5 Å². The molecule has 0 aliphatic heterocycles. The zero-order valence-electron chi connectivity index (χ0n) is 22.7. The van der Waals surface area contributed by atoms with Crippen LogP contribution in [0.1, 0.15) is 45.7 Å². The molecule has 10 nitrogen and oxygen atoms in total. The standard InChI is InChI=1S/C28H22F6N6O4/c1-15(19-5-3-7-21(13-19)35-25(43)27(29,30)31)37-39-23(41)17-9-11-18(12-10-17)24(42)40-38-16(2)20-6-4-8-22(14-20)36-26(44)28(32,33)34/h3-14H,1-2H3,(H,35,43)(H,36,44)(H,39,41)(H,40,42). The number of carbonyl (C=O) groups is 4. The molecule has 3 aromatic carbocycles. The number of hydrazone groups is 2. The first kappa shape index (κ1) is 33.0. The Kier molecular flexibility index (Phi) is 10.2. The second-order valence-corrected chi connectivity index (χ2v) is 8.92. The lowest BCUT2D eigenvalue weighted by Crippen LogP contribution is -2.30. The molecule has 44 heavy (non-hydrogen) atoms. The molecule has 4 N–H and O–H groups in total. The van der Waals surface area contributed by atoms with Crippen molar-refractivity contribution in [2.75, 3.05) is 10.6 Å². The molecule has 16 heteroatoms. The van der Waals surface area contributed by atoms with Crippen LogP contribution in [0.5, 0.6) is 0 Å². The normalized spacial score (nSPS) is 12.3. The van der Waals surface area contributed by atoms with Crippen molar-refractivity contribution >= 4 is 46.4 Å². The van der Waals surface area contributed by atoms with Crippen LogP contribution in [0.2, 0.25) is 0 Å². The van der Waals surface area contributed by atoms with Gasteiger partial charge in [-0.1, -0.05) is 24.3 Å². The average molecular weight is 621 g/mol. The number of alkyl halides is 6. The lowest BCUT2D eigenvalue weighted by molar-refractivity contribution is -0.167. The first-order valence-corrected chi connectivity index (χ1v) is 12.3. The molecular formula is C28H22F6N6O4. The number of nitrogens with zero attached hydrogens (tertiary/aromatic N) is 2. The van der Waals surface area contributed by atoms with E-state index < -0.39 is 36.0 Å². The highest BCUT2D eigenvalue weighted by molar-refractivity contribution is 6.04. The molecule has 4 amide bonds. The summed E-state index contributed by atoms with van der Waals surface area (Å²) in [6.45, 7) is 2.96. The van der Waals surface area contributed by atoms with Crippen LogP contribution in [0.25, 0.3) is 0 Å². The lowest BCUT2D eigenvalue weighted by atomic mass is 10.1. The van der Waals surface area contributed by atoms with Gasteiger partial charge in [-0.25, -0.2) is 10.9 Å². The fourth-order valence-electron chi connectivity index (χ4n) is 3.35. The molecule has 3 rings (SSSR count). The SMILES string of the molecule is CC(=NNC(=O)c1ccc(C(=O)NN=C(C)c2cccc(NC(=O)C(F)(F)F)c2)cc1)c1cccc(NC(=O)C(F)(F)F)c1. The smallest absolute Gasteiger partial charge is 0.318 e. The average Bonchev–Trinajstić information content (AvgIpc) is 2.97. The first-order chi connectivity index (χ1) is 20.5. The molecule has 0 aliphatic carbocycles. The Morgan fingerprint density at radius 1 is 0.545 bits per heavy atom. The van der Waals surface area contributed by atoms with Gasteiger partial charge in [0.05, 0.1) is 11.4 Å². The third-order valence-electron chi connectivity index (χ3n) is 5.65. The molecule has 0 radical (unpaired) electrons. The number of rotatable bonds is 8. The van der Waals surface area contributed by atoms with Gasteiger partial charge in [-0.2, -0.15) is 36.5 Å². The number of anilines is 2. The zero-order valence-corrected chi connectivity index (χ0v) is 22.7. The van der Waals surface area contributed by atoms with Crippen molar-refractivity contribution in [1.82, 2.24) is 10.9 Å². The van der Waals surface area contributed by atoms with Gasteiger partial charge in [0.2, 0.25) is 0 Å². The number of amides is 4. The van der Waals surface area contributed by atoms with Crippen molar-refractivity contribution < 1.29 is 45.5 Å². The number of hydrogen-bond donors (Lipinski definition) is 4. The molecule has 3 aromatic rings. The summed E-state index contributed by atoms with van der Waals surface area (Å²) < 4.78 is 75.0. The lowest BCUT2D eigenvalue weighted by Gasteiger charge is -2.09. The minimum absolute atomic E-state index is 0.113. The van der Waals surface area contributed by atoms with Crippen LogP contribution in [0, 0.1) is 0 Å². The Hall–Kier alpha value is -5.54. The topological polar surface area (TPSA) is 141 Å². The van der Waals surface area contributed by atoms with Gasteiger partial charge in [0.1, 0.15) is 0 Å². The Labute approximate surface area is 245 Å². The van der Waals surface area contributed by atoms with Crippen LogP contribution in [0.3, 0.4) is 0 Å². The molecule has 0 aromatic heterocycles. The second kappa shape index (κ2) is 13.6. The van der Waals surface area contributed by atoms with Crippen LogP contribution in [-0.4, -0.2) is 47.4 Å². The summed E-state index contributed by atoms with van der Waals surface area (Å²) in [5.41, 5.74) is 5.64.